The predicted molar refractivity (Wildman–Crippen MR) is 122 cm³/mol. The molecule has 3 aromatic rings. The fourth-order valence-corrected chi connectivity index (χ4v) is 3.33. The summed E-state index contributed by atoms with van der Waals surface area (Å²) in [5, 5.41) is 0.737. The molecule has 0 aliphatic carbocycles. The van der Waals surface area contributed by atoms with Crippen LogP contribution in [0.25, 0.3) is 0 Å². The number of para-hydroxylation sites is 2. The molecule has 0 bridgehead atoms. The van der Waals surface area contributed by atoms with Crippen molar-refractivity contribution >= 4 is 34.9 Å². The van der Waals surface area contributed by atoms with Crippen molar-refractivity contribution in [3.8, 4) is 0 Å². The normalized spacial score (nSPS) is 12.0. The zero-order chi connectivity index (χ0) is 20.1. The van der Waals surface area contributed by atoms with Crippen molar-refractivity contribution < 1.29 is 0 Å². The van der Waals surface area contributed by atoms with Gasteiger partial charge < -0.3 is 0 Å². The molecule has 0 spiro atoms. The van der Waals surface area contributed by atoms with Crippen molar-refractivity contribution in [3.63, 3.8) is 0 Å². The maximum atomic E-state index is 6.04. The summed E-state index contributed by atoms with van der Waals surface area (Å²) in [6, 6.07) is 20.4. The van der Waals surface area contributed by atoms with Gasteiger partial charge >= 0.3 is 0 Å². The second-order valence-corrected chi connectivity index (χ2v) is 7.58. The second kappa shape index (κ2) is 8.99. The number of hydrogen-bond donors (Lipinski definition) is 0. The van der Waals surface area contributed by atoms with Crippen LogP contribution in [0.2, 0.25) is 5.02 Å². The summed E-state index contributed by atoms with van der Waals surface area (Å²) in [5.74, 6) is 0. The Hall–Kier alpha value is -2.71. The first-order chi connectivity index (χ1) is 13.4. The van der Waals surface area contributed by atoms with Gasteiger partial charge in [-0.25, -0.2) is 0 Å². The highest BCUT2D eigenvalue weighted by Gasteiger charge is 2.06. The van der Waals surface area contributed by atoms with Crippen LogP contribution in [0.15, 0.2) is 70.6 Å². The molecule has 0 radical (unpaired) electrons. The van der Waals surface area contributed by atoms with E-state index < -0.39 is 0 Å². The Morgan fingerprint density at radius 3 is 1.79 bits per heavy atom. The molecule has 3 rings (SSSR count). The average Bonchev–Trinajstić information content (AvgIpc) is 2.66. The average molecular weight is 389 g/mol. The molecule has 0 aromatic heterocycles. The molecule has 3 aromatic carbocycles. The molecule has 0 atom stereocenters. The van der Waals surface area contributed by atoms with Gasteiger partial charge in [0.15, 0.2) is 0 Å². The smallest absolute Gasteiger partial charge is 0.0692 e. The van der Waals surface area contributed by atoms with Gasteiger partial charge in [0.05, 0.1) is 17.1 Å². The molecule has 3 heteroatoms. The van der Waals surface area contributed by atoms with E-state index in [1.165, 1.54) is 0 Å². The summed E-state index contributed by atoms with van der Waals surface area (Å²) >= 11 is 6.04. The fourth-order valence-electron chi connectivity index (χ4n) is 3.20. The molecule has 0 unspecified atom stereocenters. The Balaban J connectivity index is 2.02. The van der Waals surface area contributed by atoms with Crippen LogP contribution in [0.4, 0.5) is 11.4 Å². The third-order valence-corrected chi connectivity index (χ3v) is 5.03. The SMILES string of the molecule is Cc1cccc(C)c1N=CC(Cc1ccc(Cl)cc1)=Nc1c(C)cccc1C. The number of benzene rings is 3. The van der Waals surface area contributed by atoms with E-state index in [1.807, 2.05) is 30.5 Å². The van der Waals surface area contributed by atoms with Crippen LogP contribution >= 0.6 is 11.6 Å². The molecule has 0 heterocycles. The molecule has 0 aliphatic rings. The van der Waals surface area contributed by atoms with Gasteiger partial charge in [-0.15, -0.1) is 0 Å². The third kappa shape index (κ3) is 4.96. The number of aryl methyl sites for hydroxylation is 4. The number of nitrogens with zero attached hydrogens (tertiary/aromatic N) is 2. The second-order valence-electron chi connectivity index (χ2n) is 7.15. The van der Waals surface area contributed by atoms with E-state index in [-0.39, 0.29) is 0 Å². The minimum absolute atomic E-state index is 0.694. The molecule has 28 heavy (non-hydrogen) atoms. The Bertz CT molecular complexity index is 990. The lowest BCUT2D eigenvalue weighted by Gasteiger charge is -2.09. The first-order valence-corrected chi connectivity index (χ1v) is 9.80. The van der Waals surface area contributed by atoms with Crippen LogP contribution in [0, 0.1) is 27.7 Å². The van der Waals surface area contributed by atoms with Gasteiger partial charge in [0.25, 0.3) is 0 Å². The molecule has 2 nitrogen and oxygen atoms in total. The summed E-state index contributed by atoms with van der Waals surface area (Å²) in [4.78, 5) is 9.78. The standard InChI is InChI=1S/C25H25ClN2/c1-17-7-5-8-18(2)24(17)27-16-23(15-21-11-13-22(26)14-12-21)28-25-19(3)9-6-10-20(25)4/h5-14,16H,15H2,1-4H3. The monoisotopic (exact) mass is 388 g/mol. The van der Waals surface area contributed by atoms with E-state index in [0.29, 0.717) is 6.42 Å². The van der Waals surface area contributed by atoms with Crippen LogP contribution < -0.4 is 0 Å². The Kier molecular flexibility index (Phi) is 6.43. The quantitative estimate of drug-likeness (QED) is 0.410. The zero-order valence-corrected chi connectivity index (χ0v) is 17.6. The van der Waals surface area contributed by atoms with E-state index in [9.17, 15) is 0 Å². The summed E-state index contributed by atoms with van der Waals surface area (Å²) in [6.45, 7) is 8.35. The number of hydrogen-bond acceptors (Lipinski definition) is 2. The van der Waals surface area contributed by atoms with Crippen LogP contribution in [0.1, 0.15) is 27.8 Å². The van der Waals surface area contributed by atoms with Crippen molar-refractivity contribution in [2.24, 2.45) is 9.98 Å². The molecule has 0 aliphatic heterocycles. The van der Waals surface area contributed by atoms with Crippen LogP contribution in [-0.2, 0) is 6.42 Å². The summed E-state index contributed by atoms with van der Waals surface area (Å²) in [5.41, 5.74) is 8.74. The molecule has 0 fully saturated rings. The highest BCUT2D eigenvalue weighted by molar-refractivity contribution is 6.32. The maximum Gasteiger partial charge on any atom is 0.0692 e. The van der Waals surface area contributed by atoms with Gasteiger partial charge in [-0.05, 0) is 67.6 Å². The van der Waals surface area contributed by atoms with Crippen molar-refractivity contribution in [1.82, 2.24) is 0 Å². The Labute approximate surface area is 172 Å². The van der Waals surface area contributed by atoms with Gasteiger partial charge in [0.1, 0.15) is 0 Å². The van der Waals surface area contributed by atoms with Gasteiger partial charge in [-0.3, -0.25) is 9.98 Å². The maximum absolute atomic E-state index is 6.04. The summed E-state index contributed by atoms with van der Waals surface area (Å²) in [7, 11) is 0. The summed E-state index contributed by atoms with van der Waals surface area (Å²) < 4.78 is 0. The molecule has 0 amide bonds. The number of halogens is 1. The summed E-state index contributed by atoms with van der Waals surface area (Å²) in [6.07, 6.45) is 2.59. The van der Waals surface area contributed by atoms with Crippen molar-refractivity contribution in [2.45, 2.75) is 34.1 Å². The van der Waals surface area contributed by atoms with Crippen molar-refractivity contribution in [1.29, 1.82) is 0 Å². The van der Waals surface area contributed by atoms with Crippen LogP contribution in [0.3, 0.4) is 0 Å². The van der Waals surface area contributed by atoms with E-state index in [1.54, 1.807) is 0 Å². The van der Waals surface area contributed by atoms with Gasteiger partial charge in [0, 0.05) is 17.7 Å². The highest BCUT2D eigenvalue weighted by atomic mass is 35.5. The van der Waals surface area contributed by atoms with E-state index in [4.69, 9.17) is 21.6 Å². The van der Waals surface area contributed by atoms with Gasteiger partial charge in [-0.2, -0.15) is 0 Å². The first kappa shape index (κ1) is 20.0. The number of rotatable bonds is 5. The minimum Gasteiger partial charge on any atom is -0.254 e. The van der Waals surface area contributed by atoms with Crippen molar-refractivity contribution in [3.05, 3.63) is 93.5 Å². The molecule has 142 valence electrons. The van der Waals surface area contributed by atoms with Gasteiger partial charge in [-0.1, -0.05) is 60.1 Å². The fraction of sp³-hybridized carbons (Fsp3) is 0.200. The Morgan fingerprint density at radius 2 is 1.25 bits per heavy atom. The van der Waals surface area contributed by atoms with Crippen LogP contribution in [-0.4, -0.2) is 11.9 Å². The first-order valence-electron chi connectivity index (χ1n) is 9.42. The Morgan fingerprint density at radius 1 is 0.750 bits per heavy atom. The predicted octanol–water partition coefficient (Wildman–Crippen LogP) is 7.29. The minimum atomic E-state index is 0.694. The molecule has 0 saturated carbocycles. The largest absolute Gasteiger partial charge is 0.254 e. The number of aliphatic imine (C=N–C) groups is 2. The topological polar surface area (TPSA) is 24.7 Å². The highest BCUT2D eigenvalue weighted by Crippen LogP contribution is 2.25. The molecule has 0 N–H and O–H groups in total. The molecular weight excluding hydrogens is 364 g/mol. The zero-order valence-electron chi connectivity index (χ0n) is 16.8. The van der Waals surface area contributed by atoms with Gasteiger partial charge in [0.2, 0.25) is 0 Å². The lowest BCUT2D eigenvalue weighted by Crippen LogP contribution is -2.05. The lowest BCUT2D eigenvalue weighted by atomic mass is 10.1. The van der Waals surface area contributed by atoms with Crippen molar-refractivity contribution in [2.75, 3.05) is 0 Å². The lowest BCUT2D eigenvalue weighted by molar-refractivity contribution is 1.28. The van der Waals surface area contributed by atoms with E-state index in [0.717, 1.165) is 49.9 Å². The van der Waals surface area contributed by atoms with E-state index >= 15 is 0 Å². The van der Waals surface area contributed by atoms with Crippen LogP contribution in [0.5, 0.6) is 0 Å². The molecular formula is C25H25ClN2. The third-order valence-electron chi connectivity index (χ3n) is 4.78. The van der Waals surface area contributed by atoms with E-state index in [2.05, 4.69) is 64.1 Å². The molecule has 0 saturated heterocycles.